The number of carbonyl (C=O) groups is 1. The van der Waals surface area contributed by atoms with E-state index in [4.69, 9.17) is 30.8 Å². The van der Waals surface area contributed by atoms with Gasteiger partial charge in [-0.2, -0.15) is 18.9 Å². The Balaban J connectivity index is 1.31. The first-order valence-electron chi connectivity index (χ1n) is 14.2. The Morgan fingerprint density at radius 3 is 2.67 bits per heavy atom. The third kappa shape index (κ3) is 5.63. The van der Waals surface area contributed by atoms with Crippen molar-refractivity contribution in [2.24, 2.45) is 5.92 Å². The molecule has 43 heavy (non-hydrogen) atoms. The topological polar surface area (TPSA) is 101 Å². The summed E-state index contributed by atoms with van der Waals surface area (Å²) in [6, 6.07) is 10.5. The van der Waals surface area contributed by atoms with Crippen LogP contribution in [0.1, 0.15) is 37.8 Å². The predicted molar refractivity (Wildman–Crippen MR) is 153 cm³/mol. The molecule has 2 aromatic heterocycles. The maximum atomic E-state index is 14.0. The van der Waals surface area contributed by atoms with Crippen LogP contribution in [-0.4, -0.2) is 62.2 Å². The van der Waals surface area contributed by atoms with E-state index in [-0.39, 0.29) is 43.0 Å². The molecule has 0 unspecified atom stereocenters. The number of carbonyl (C=O) groups excluding carboxylic acids is 1. The lowest BCUT2D eigenvalue weighted by atomic mass is 10.0. The van der Waals surface area contributed by atoms with E-state index in [1.165, 1.54) is 17.0 Å². The van der Waals surface area contributed by atoms with E-state index < -0.39 is 6.55 Å². The lowest BCUT2D eigenvalue weighted by Crippen LogP contribution is -2.44. The minimum absolute atomic E-state index is 0.110. The number of nitrogens with zero attached hydrogens (tertiary/aromatic N) is 5. The molecule has 2 atom stereocenters. The Morgan fingerprint density at radius 1 is 1.12 bits per heavy atom. The molecule has 4 aromatic rings. The van der Waals surface area contributed by atoms with Crippen molar-refractivity contribution in [2.45, 2.75) is 50.9 Å². The molecular weight excluding hydrogens is 584 g/mol. The molecule has 10 nitrogen and oxygen atoms in total. The van der Waals surface area contributed by atoms with Crippen molar-refractivity contribution in [2.75, 3.05) is 19.8 Å². The lowest BCUT2D eigenvalue weighted by Gasteiger charge is -2.33. The summed E-state index contributed by atoms with van der Waals surface area (Å²) in [5.74, 6) is 0.767. The number of amides is 1. The fourth-order valence-corrected chi connectivity index (χ4v) is 5.71. The number of aromatic nitrogens is 4. The van der Waals surface area contributed by atoms with E-state index in [0.29, 0.717) is 69.4 Å². The number of rotatable bonds is 9. The van der Waals surface area contributed by atoms with Gasteiger partial charge in [0.05, 0.1) is 36.3 Å². The van der Waals surface area contributed by atoms with E-state index >= 15 is 0 Å². The number of ether oxygens (including phenoxy) is 3. The van der Waals surface area contributed by atoms with Gasteiger partial charge in [0.1, 0.15) is 18.5 Å². The molecule has 13 heteroatoms. The van der Waals surface area contributed by atoms with Gasteiger partial charge in [0.2, 0.25) is 0 Å². The summed E-state index contributed by atoms with van der Waals surface area (Å²) >= 11 is 6.07. The Morgan fingerprint density at radius 2 is 1.93 bits per heavy atom. The standard InChI is InChI=1S/C30H28ClF2N5O5/c31-20-5-3-17(4-6-20)13-37-27(39)24-11-26(43-22-7-8-36-21(9-22)16-42-30(36)40)23(19-12-34-38(14-19)28(32)33)10-25(24)35-29(37)41-15-18-1-2-18/h3-6,10-12,14,18,21-22,28H,1-2,7-9,13,15-16H2/t21-,22-/m0/s1. The van der Waals surface area contributed by atoms with Gasteiger partial charge in [0, 0.05) is 41.7 Å². The third-order valence-corrected chi connectivity index (χ3v) is 8.38. The van der Waals surface area contributed by atoms with Crippen LogP contribution in [-0.2, 0) is 11.3 Å². The number of fused-ring (bicyclic) bond motifs is 2. The van der Waals surface area contributed by atoms with Crippen LogP contribution in [0.15, 0.2) is 53.6 Å². The molecule has 4 heterocycles. The molecule has 0 N–H and O–H groups in total. The van der Waals surface area contributed by atoms with Crippen LogP contribution < -0.4 is 15.0 Å². The summed E-state index contributed by atoms with van der Waals surface area (Å²) in [5, 5.41) is 4.68. The van der Waals surface area contributed by atoms with Crippen LogP contribution in [0.2, 0.25) is 5.02 Å². The highest BCUT2D eigenvalue weighted by atomic mass is 35.5. The number of halogens is 3. The van der Waals surface area contributed by atoms with E-state index in [2.05, 4.69) is 5.10 Å². The van der Waals surface area contributed by atoms with Gasteiger partial charge in [-0.3, -0.25) is 9.36 Å². The summed E-state index contributed by atoms with van der Waals surface area (Å²) in [6.45, 7) is -1.40. The predicted octanol–water partition coefficient (Wildman–Crippen LogP) is 5.51. The molecule has 3 fully saturated rings. The first kappa shape index (κ1) is 27.6. The number of piperidine rings is 1. The first-order valence-corrected chi connectivity index (χ1v) is 14.6. The quantitative estimate of drug-likeness (QED) is 0.246. The van der Waals surface area contributed by atoms with Crippen molar-refractivity contribution in [3.8, 4) is 22.9 Å². The van der Waals surface area contributed by atoms with Crippen molar-refractivity contribution >= 4 is 28.6 Å². The zero-order valence-electron chi connectivity index (χ0n) is 23.0. The third-order valence-electron chi connectivity index (χ3n) is 8.13. The van der Waals surface area contributed by atoms with Crippen molar-refractivity contribution in [1.29, 1.82) is 0 Å². The highest BCUT2D eigenvalue weighted by Gasteiger charge is 2.39. The Hall–Kier alpha value is -4.19. The minimum atomic E-state index is -2.82. The van der Waals surface area contributed by atoms with Crippen LogP contribution in [0.4, 0.5) is 13.6 Å². The van der Waals surface area contributed by atoms with Gasteiger partial charge < -0.3 is 19.1 Å². The monoisotopic (exact) mass is 611 g/mol. The molecule has 3 aliphatic rings. The number of cyclic esters (lactones) is 1. The van der Waals surface area contributed by atoms with Gasteiger partial charge in [0.25, 0.3) is 11.6 Å². The molecule has 1 aliphatic carbocycles. The van der Waals surface area contributed by atoms with Crippen molar-refractivity contribution in [3.05, 3.63) is 69.7 Å². The highest BCUT2D eigenvalue weighted by molar-refractivity contribution is 6.30. The number of hydrogen-bond acceptors (Lipinski definition) is 7. The first-order chi connectivity index (χ1) is 20.8. The zero-order chi connectivity index (χ0) is 29.7. The number of hydrogen-bond donors (Lipinski definition) is 0. The molecule has 7 rings (SSSR count). The van der Waals surface area contributed by atoms with Crippen LogP contribution in [0.25, 0.3) is 22.0 Å². The molecule has 2 aromatic carbocycles. The van der Waals surface area contributed by atoms with E-state index in [1.54, 1.807) is 29.2 Å². The van der Waals surface area contributed by atoms with Crippen molar-refractivity contribution in [3.63, 3.8) is 0 Å². The Labute approximate surface area is 249 Å². The molecular formula is C30H28ClF2N5O5. The van der Waals surface area contributed by atoms with Gasteiger partial charge in [-0.05, 0) is 48.6 Å². The molecule has 0 bridgehead atoms. The number of alkyl halides is 2. The zero-order valence-corrected chi connectivity index (χ0v) is 23.8. The average molecular weight is 612 g/mol. The SMILES string of the molecule is O=C1OC[C@@H]2C[C@@H](Oc3cc4c(=O)n(Cc5ccc(Cl)cc5)c(OCC5CC5)nc4cc3-c3cnn(C(F)F)c3)CCN12. The second kappa shape index (κ2) is 11.1. The molecule has 1 amide bonds. The molecule has 0 spiro atoms. The maximum Gasteiger partial charge on any atom is 0.410 e. The Kier molecular flexibility index (Phi) is 7.16. The number of benzene rings is 2. The fraction of sp³-hybridized carbons (Fsp3) is 0.400. The molecule has 0 radical (unpaired) electrons. The van der Waals surface area contributed by atoms with Crippen molar-refractivity contribution in [1.82, 2.24) is 24.2 Å². The summed E-state index contributed by atoms with van der Waals surface area (Å²) in [4.78, 5) is 32.4. The molecule has 2 saturated heterocycles. The van der Waals surface area contributed by atoms with Gasteiger partial charge >= 0.3 is 12.6 Å². The van der Waals surface area contributed by atoms with Gasteiger partial charge in [-0.25, -0.2) is 9.48 Å². The maximum absolute atomic E-state index is 14.0. The average Bonchev–Trinajstić information content (AvgIpc) is 3.56. The van der Waals surface area contributed by atoms with Crippen LogP contribution >= 0.6 is 11.6 Å². The Bertz CT molecular complexity index is 1740. The van der Waals surface area contributed by atoms with Crippen LogP contribution in [0.5, 0.6) is 11.8 Å². The summed E-state index contributed by atoms with van der Waals surface area (Å²) < 4.78 is 46.6. The van der Waals surface area contributed by atoms with Gasteiger partial charge in [0.15, 0.2) is 0 Å². The highest BCUT2D eigenvalue weighted by Crippen LogP contribution is 2.37. The lowest BCUT2D eigenvalue weighted by molar-refractivity contribution is 0.0566. The van der Waals surface area contributed by atoms with E-state index in [9.17, 15) is 18.4 Å². The molecule has 1 saturated carbocycles. The van der Waals surface area contributed by atoms with E-state index in [0.717, 1.165) is 18.4 Å². The van der Waals surface area contributed by atoms with Crippen LogP contribution in [0.3, 0.4) is 0 Å². The fourth-order valence-electron chi connectivity index (χ4n) is 5.58. The molecule has 224 valence electrons. The van der Waals surface area contributed by atoms with Gasteiger partial charge in [-0.1, -0.05) is 23.7 Å². The summed E-state index contributed by atoms with van der Waals surface area (Å²) in [5.41, 5.74) is 1.73. The molecule has 2 aliphatic heterocycles. The van der Waals surface area contributed by atoms with Gasteiger partial charge in [-0.15, -0.1) is 0 Å². The van der Waals surface area contributed by atoms with Crippen molar-refractivity contribution < 1.29 is 27.8 Å². The smallest absolute Gasteiger partial charge is 0.410 e. The second-order valence-electron chi connectivity index (χ2n) is 11.2. The van der Waals surface area contributed by atoms with Crippen LogP contribution in [0, 0.1) is 5.92 Å². The van der Waals surface area contributed by atoms with E-state index in [1.807, 2.05) is 12.1 Å². The second-order valence-corrected chi connectivity index (χ2v) is 11.6. The normalized spacial score (nSPS) is 20.0. The summed E-state index contributed by atoms with van der Waals surface area (Å²) in [6.07, 6.45) is 5.15. The summed E-state index contributed by atoms with van der Waals surface area (Å²) in [7, 11) is 0. The minimum Gasteiger partial charge on any atom is -0.490 e. The largest absolute Gasteiger partial charge is 0.490 e.